The van der Waals surface area contributed by atoms with E-state index in [0.717, 1.165) is 11.3 Å². The van der Waals surface area contributed by atoms with E-state index in [9.17, 15) is 4.79 Å². The van der Waals surface area contributed by atoms with Crippen molar-refractivity contribution in [2.45, 2.75) is 13.5 Å². The number of benzene rings is 2. The van der Waals surface area contributed by atoms with Crippen molar-refractivity contribution >= 4 is 11.7 Å². The minimum absolute atomic E-state index is 0.192. The van der Waals surface area contributed by atoms with E-state index in [-0.39, 0.29) is 6.03 Å². The van der Waals surface area contributed by atoms with E-state index in [2.05, 4.69) is 16.7 Å². The first kappa shape index (κ1) is 12.2. The first-order chi connectivity index (χ1) is 8.74. The lowest BCUT2D eigenvalue weighted by molar-refractivity contribution is 0.251. The van der Waals surface area contributed by atoms with Crippen LogP contribution in [-0.4, -0.2) is 6.03 Å². The van der Waals surface area contributed by atoms with Crippen LogP contribution in [0, 0.1) is 6.92 Å². The molecule has 0 aromatic heterocycles. The molecule has 0 saturated carbocycles. The third kappa shape index (κ3) is 3.63. The summed E-state index contributed by atoms with van der Waals surface area (Å²) in [4.78, 5) is 11.6. The molecule has 92 valence electrons. The van der Waals surface area contributed by atoms with Gasteiger partial charge in [-0.25, -0.2) is 4.79 Å². The molecule has 0 aliphatic heterocycles. The highest BCUT2D eigenvalue weighted by Gasteiger charge is 2.00. The van der Waals surface area contributed by atoms with Crippen molar-refractivity contribution in [2.75, 3.05) is 5.32 Å². The fourth-order valence-corrected chi connectivity index (χ4v) is 1.70. The molecule has 0 radical (unpaired) electrons. The Balaban J connectivity index is 1.85. The summed E-state index contributed by atoms with van der Waals surface area (Å²) in [6.45, 7) is 2.56. The Hall–Kier alpha value is -2.29. The standard InChI is InChI=1S/C15H16N2O/c1-12-6-5-7-13(10-12)11-16-15(18)17-14-8-3-2-4-9-14/h2-10H,11H2,1H3,(H2,16,17,18). The van der Waals surface area contributed by atoms with Gasteiger partial charge in [-0.3, -0.25) is 0 Å². The van der Waals surface area contributed by atoms with Crippen molar-refractivity contribution in [1.82, 2.24) is 5.32 Å². The monoisotopic (exact) mass is 240 g/mol. The molecule has 18 heavy (non-hydrogen) atoms. The van der Waals surface area contributed by atoms with Gasteiger partial charge >= 0.3 is 6.03 Å². The summed E-state index contributed by atoms with van der Waals surface area (Å²) >= 11 is 0. The van der Waals surface area contributed by atoms with E-state index in [1.807, 2.05) is 55.5 Å². The number of nitrogens with one attached hydrogen (secondary N) is 2. The average molecular weight is 240 g/mol. The van der Waals surface area contributed by atoms with Crippen LogP contribution in [0.4, 0.5) is 10.5 Å². The molecule has 2 N–H and O–H groups in total. The Morgan fingerprint density at radius 3 is 2.56 bits per heavy atom. The third-order valence-corrected chi connectivity index (χ3v) is 2.57. The number of para-hydroxylation sites is 1. The van der Waals surface area contributed by atoms with Gasteiger partial charge < -0.3 is 10.6 Å². The lowest BCUT2D eigenvalue weighted by Crippen LogP contribution is -2.28. The molecule has 0 aliphatic rings. The first-order valence-electron chi connectivity index (χ1n) is 5.89. The van der Waals surface area contributed by atoms with Crippen LogP contribution in [0.3, 0.4) is 0 Å². The number of hydrogen-bond acceptors (Lipinski definition) is 1. The zero-order chi connectivity index (χ0) is 12.8. The Labute approximate surface area is 107 Å². The van der Waals surface area contributed by atoms with Gasteiger partial charge in [-0.15, -0.1) is 0 Å². The Kier molecular flexibility index (Phi) is 3.97. The van der Waals surface area contributed by atoms with Crippen LogP contribution >= 0.6 is 0 Å². The van der Waals surface area contributed by atoms with Gasteiger partial charge in [0, 0.05) is 12.2 Å². The van der Waals surface area contributed by atoms with Crippen LogP contribution in [0.1, 0.15) is 11.1 Å². The van der Waals surface area contributed by atoms with E-state index in [0.29, 0.717) is 6.54 Å². The zero-order valence-corrected chi connectivity index (χ0v) is 10.3. The molecule has 2 aromatic carbocycles. The summed E-state index contributed by atoms with van der Waals surface area (Å²) in [6.07, 6.45) is 0. The molecule has 3 heteroatoms. The average Bonchev–Trinajstić information content (AvgIpc) is 2.38. The number of hydrogen-bond donors (Lipinski definition) is 2. The number of rotatable bonds is 3. The highest BCUT2D eigenvalue weighted by atomic mass is 16.2. The molecule has 2 rings (SSSR count). The summed E-state index contributed by atoms with van der Waals surface area (Å²) in [5.41, 5.74) is 3.08. The maximum absolute atomic E-state index is 11.6. The number of urea groups is 1. The summed E-state index contributed by atoms with van der Waals surface area (Å²) in [7, 11) is 0. The summed E-state index contributed by atoms with van der Waals surface area (Å²) in [5, 5.41) is 5.60. The van der Waals surface area contributed by atoms with Crippen LogP contribution in [0.15, 0.2) is 54.6 Å². The highest BCUT2D eigenvalue weighted by molar-refractivity contribution is 5.89. The van der Waals surface area contributed by atoms with E-state index in [4.69, 9.17) is 0 Å². The van der Waals surface area contributed by atoms with Crippen LogP contribution in [0.25, 0.3) is 0 Å². The SMILES string of the molecule is Cc1cccc(CNC(=O)Nc2ccccc2)c1. The maximum atomic E-state index is 11.6. The molecule has 0 aliphatic carbocycles. The number of aryl methyl sites for hydroxylation is 1. The Morgan fingerprint density at radius 2 is 1.83 bits per heavy atom. The Morgan fingerprint density at radius 1 is 1.06 bits per heavy atom. The second-order valence-corrected chi connectivity index (χ2v) is 4.16. The molecule has 0 bridgehead atoms. The van der Waals surface area contributed by atoms with Gasteiger partial charge in [-0.2, -0.15) is 0 Å². The third-order valence-electron chi connectivity index (χ3n) is 2.57. The summed E-state index contributed by atoms with van der Waals surface area (Å²) in [5.74, 6) is 0. The van der Waals surface area contributed by atoms with E-state index >= 15 is 0 Å². The lowest BCUT2D eigenvalue weighted by atomic mass is 10.1. The smallest absolute Gasteiger partial charge is 0.319 e. The van der Waals surface area contributed by atoms with E-state index in [1.54, 1.807) is 0 Å². The van der Waals surface area contributed by atoms with Gasteiger partial charge in [0.1, 0.15) is 0 Å². The van der Waals surface area contributed by atoms with E-state index in [1.165, 1.54) is 5.56 Å². The molecule has 0 atom stereocenters. The van der Waals surface area contributed by atoms with Gasteiger partial charge in [0.2, 0.25) is 0 Å². The van der Waals surface area contributed by atoms with E-state index < -0.39 is 0 Å². The molecule has 0 unspecified atom stereocenters. The number of anilines is 1. The topological polar surface area (TPSA) is 41.1 Å². The van der Waals surface area contributed by atoms with Gasteiger partial charge in [-0.1, -0.05) is 48.0 Å². The molecule has 0 spiro atoms. The van der Waals surface area contributed by atoms with Gasteiger partial charge in [0.25, 0.3) is 0 Å². The normalized spacial score (nSPS) is 9.83. The second kappa shape index (κ2) is 5.87. The molecule has 0 heterocycles. The van der Waals surface area contributed by atoms with Crippen molar-refractivity contribution in [3.63, 3.8) is 0 Å². The van der Waals surface area contributed by atoms with Crippen LogP contribution in [0.5, 0.6) is 0 Å². The van der Waals surface area contributed by atoms with Crippen LogP contribution in [0.2, 0.25) is 0 Å². The predicted molar refractivity (Wildman–Crippen MR) is 73.5 cm³/mol. The molecule has 2 amide bonds. The fraction of sp³-hybridized carbons (Fsp3) is 0.133. The molecule has 0 fully saturated rings. The summed E-state index contributed by atoms with van der Waals surface area (Å²) in [6, 6.07) is 17.3. The molecule has 2 aromatic rings. The van der Waals surface area contributed by atoms with Crippen molar-refractivity contribution < 1.29 is 4.79 Å². The maximum Gasteiger partial charge on any atom is 0.319 e. The minimum Gasteiger partial charge on any atom is -0.334 e. The highest BCUT2D eigenvalue weighted by Crippen LogP contribution is 2.05. The summed E-state index contributed by atoms with van der Waals surface area (Å²) < 4.78 is 0. The number of carbonyl (C=O) groups is 1. The van der Waals surface area contributed by atoms with Crippen molar-refractivity contribution in [3.8, 4) is 0 Å². The van der Waals surface area contributed by atoms with Crippen molar-refractivity contribution in [2.24, 2.45) is 0 Å². The van der Waals surface area contributed by atoms with Crippen LogP contribution in [-0.2, 0) is 6.54 Å². The quantitative estimate of drug-likeness (QED) is 0.849. The first-order valence-corrected chi connectivity index (χ1v) is 5.89. The van der Waals surface area contributed by atoms with Gasteiger partial charge in [0.15, 0.2) is 0 Å². The fourth-order valence-electron chi connectivity index (χ4n) is 1.70. The van der Waals surface area contributed by atoms with Gasteiger partial charge in [0.05, 0.1) is 0 Å². The van der Waals surface area contributed by atoms with Crippen molar-refractivity contribution in [1.29, 1.82) is 0 Å². The predicted octanol–water partition coefficient (Wildman–Crippen LogP) is 3.32. The lowest BCUT2D eigenvalue weighted by Gasteiger charge is -2.08. The van der Waals surface area contributed by atoms with Gasteiger partial charge in [-0.05, 0) is 24.6 Å². The zero-order valence-electron chi connectivity index (χ0n) is 10.3. The van der Waals surface area contributed by atoms with Crippen molar-refractivity contribution in [3.05, 3.63) is 65.7 Å². The van der Waals surface area contributed by atoms with Crippen LogP contribution < -0.4 is 10.6 Å². The molecule has 3 nitrogen and oxygen atoms in total. The largest absolute Gasteiger partial charge is 0.334 e. The molecular weight excluding hydrogens is 224 g/mol. The minimum atomic E-state index is -0.192. The number of carbonyl (C=O) groups excluding carboxylic acids is 1. The Bertz CT molecular complexity index is 523. The second-order valence-electron chi connectivity index (χ2n) is 4.16. The molecular formula is C15H16N2O. The number of amides is 2. The molecule has 0 saturated heterocycles.